The third kappa shape index (κ3) is 4.42. The van der Waals surface area contributed by atoms with Crippen LogP contribution in [0.1, 0.15) is 37.0 Å². The number of aliphatic hydroxyl groups is 1. The molecule has 1 aromatic rings. The predicted molar refractivity (Wildman–Crippen MR) is 79.8 cm³/mol. The predicted octanol–water partition coefficient (Wildman–Crippen LogP) is 1.81. The molecule has 5 heteroatoms. The lowest BCUT2D eigenvalue weighted by Crippen LogP contribution is -2.30. The number of nitrogen functional groups attached to an aromatic ring is 1. The lowest BCUT2D eigenvalue weighted by atomic mass is 10.0. The number of nitrogens with two attached hydrogens (primary N) is 1. The van der Waals surface area contributed by atoms with E-state index in [2.05, 4.69) is 5.32 Å². The Bertz CT molecular complexity index is 435. The summed E-state index contributed by atoms with van der Waals surface area (Å²) in [6, 6.07) is 5.14. The first-order valence-corrected chi connectivity index (χ1v) is 7.04. The lowest BCUT2D eigenvalue weighted by molar-refractivity contribution is 0.0940. The van der Waals surface area contributed by atoms with E-state index in [1.54, 1.807) is 18.2 Å². The molecule has 4 N–H and O–H groups in total. The van der Waals surface area contributed by atoms with Crippen molar-refractivity contribution in [1.82, 2.24) is 5.32 Å². The molecule has 20 heavy (non-hydrogen) atoms. The Hall–Kier alpha value is -1.75. The van der Waals surface area contributed by atoms with Crippen molar-refractivity contribution in [1.29, 1.82) is 0 Å². The second kappa shape index (κ2) is 8.43. The molecular weight excluding hydrogens is 256 g/mol. The van der Waals surface area contributed by atoms with E-state index in [0.29, 0.717) is 36.6 Å². The van der Waals surface area contributed by atoms with E-state index in [1.807, 2.05) is 13.8 Å². The van der Waals surface area contributed by atoms with Crippen LogP contribution in [-0.2, 0) is 0 Å². The Morgan fingerprint density at radius 2 is 2.20 bits per heavy atom. The van der Waals surface area contributed by atoms with E-state index in [0.717, 1.165) is 6.42 Å². The van der Waals surface area contributed by atoms with Gasteiger partial charge >= 0.3 is 0 Å². The molecule has 0 aliphatic heterocycles. The van der Waals surface area contributed by atoms with Crippen molar-refractivity contribution in [3.8, 4) is 5.75 Å². The second-order valence-electron chi connectivity index (χ2n) is 4.65. The average molecular weight is 280 g/mol. The summed E-state index contributed by atoms with van der Waals surface area (Å²) in [6.45, 7) is 5.02. The van der Waals surface area contributed by atoms with Crippen LogP contribution in [0.4, 0.5) is 5.69 Å². The Morgan fingerprint density at radius 3 is 2.80 bits per heavy atom. The molecule has 0 aliphatic rings. The van der Waals surface area contributed by atoms with E-state index in [9.17, 15) is 4.79 Å². The van der Waals surface area contributed by atoms with Crippen LogP contribution in [0, 0.1) is 5.92 Å². The Kier molecular flexibility index (Phi) is 6.87. The molecule has 0 saturated carbocycles. The topological polar surface area (TPSA) is 84.6 Å². The SMILES string of the molecule is CCOc1c(N)cccc1C(=O)NCC(CC)CCO. The highest BCUT2D eigenvalue weighted by atomic mass is 16.5. The highest BCUT2D eigenvalue weighted by Gasteiger charge is 2.16. The van der Waals surface area contributed by atoms with E-state index in [-0.39, 0.29) is 18.4 Å². The highest BCUT2D eigenvalue weighted by Crippen LogP contribution is 2.26. The zero-order chi connectivity index (χ0) is 15.0. The van der Waals surface area contributed by atoms with Crippen molar-refractivity contribution < 1.29 is 14.6 Å². The normalized spacial score (nSPS) is 11.9. The second-order valence-corrected chi connectivity index (χ2v) is 4.65. The fourth-order valence-electron chi connectivity index (χ4n) is 2.00. The van der Waals surface area contributed by atoms with Crippen LogP contribution in [-0.4, -0.2) is 30.8 Å². The molecule has 0 saturated heterocycles. The molecule has 0 fully saturated rings. The molecule has 1 amide bonds. The first-order valence-electron chi connectivity index (χ1n) is 7.04. The average Bonchev–Trinajstić information content (AvgIpc) is 2.45. The highest BCUT2D eigenvalue weighted by molar-refractivity contribution is 5.98. The van der Waals surface area contributed by atoms with Gasteiger partial charge in [0.15, 0.2) is 5.75 Å². The summed E-state index contributed by atoms with van der Waals surface area (Å²) in [5.74, 6) is 0.514. The number of anilines is 1. The van der Waals surface area contributed by atoms with E-state index in [4.69, 9.17) is 15.6 Å². The van der Waals surface area contributed by atoms with Gasteiger partial charge in [0.25, 0.3) is 5.91 Å². The monoisotopic (exact) mass is 280 g/mol. The molecular formula is C15H24N2O3. The number of rotatable bonds is 8. The summed E-state index contributed by atoms with van der Waals surface area (Å²) in [5.41, 5.74) is 6.75. The maximum absolute atomic E-state index is 12.2. The minimum atomic E-state index is -0.197. The Morgan fingerprint density at radius 1 is 1.45 bits per heavy atom. The van der Waals surface area contributed by atoms with Crippen LogP contribution in [0.5, 0.6) is 5.75 Å². The standard InChI is InChI=1S/C15H24N2O3/c1-3-11(8-9-18)10-17-15(19)12-6-5-7-13(16)14(12)20-4-2/h5-7,11,18H,3-4,8-10,16H2,1-2H3,(H,17,19). The van der Waals surface area contributed by atoms with Crippen molar-refractivity contribution in [2.75, 3.05) is 25.5 Å². The quantitative estimate of drug-likeness (QED) is 0.634. The summed E-state index contributed by atoms with van der Waals surface area (Å²) in [5, 5.41) is 11.8. The third-order valence-electron chi connectivity index (χ3n) is 3.24. The number of amides is 1. The van der Waals surface area contributed by atoms with Gasteiger partial charge in [-0.15, -0.1) is 0 Å². The fourth-order valence-corrected chi connectivity index (χ4v) is 2.00. The summed E-state index contributed by atoms with van der Waals surface area (Å²) < 4.78 is 5.44. The van der Waals surface area contributed by atoms with Crippen molar-refractivity contribution in [3.63, 3.8) is 0 Å². The Balaban J connectivity index is 2.74. The molecule has 0 aliphatic carbocycles. The summed E-state index contributed by atoms with van der Waals surface area (Å²) in [7, 11) is 0. The third-order valence-corrected chi connectivity index (χ3v) is 3.24. The number of para-hydroxylation sites is 1. The number of hydrogen-bond acceptors (Lipinski definition) is 4. The maximum Gasteiger partial charge on any atom is 0.255 e. The van der Waals surface area contributed by atoms with Crippen LogP contribution < -0.4 is 15.8 Å². The molecule has 0 bridgehead atoms. The van der Waals surface area contributed by atoms with E-state index < -0.39 is 0 Å². The smallest absolute Gasteiger partial charge is 0.255 e. The Labute approximate surface area is 120 Å². The number of ether oxygens (including phenoxy) is 1. The van der Waals surface area contributed by atoms with Gasteiger partial charge in [-0.3, -0.25) is 4.79 Å². The van der Waals surface area contributed by atoms with Gasteiger partial charge in [-0.05, 0) is 31.4 Å². The first kappa shape index (κ1) is 16.3. The summed E-state index contributed by atoms with van der Waals surface area (Å²) in [6.07, 6.45) is 1.60. The summed E-state index contributed by atoms with van der Waals surface area (Å²) >= 11 is 0. The molecule has 1 atom stereocenters. The molecule has 1 aromatic carbocycles. The van der Waals surface area contributed by atoms with Gasteiger partial charge in [-0.25, -0.2) is 0 Å². The number of carbonyl (C=O) groups is 1. The van der Waals surface area contributed by atoms with Gasteiger partial charge in [-0.1, -0.05) is 19.4 Å². The van der Waals surface area contributed by atoms with Crippen molar-refractivity contribution in [3.05, 3.63) is 23.8 Å². The molecule has 5 nitrogen and oxygen atoms in total. The molecule has 1 unspecified atom stereocenters. The van der Waals surface area contributed by atoms with Crippen LogP contribution in [0.25, 0.3) is 0 Å². The van der Waals surface area contributed by atoms with E-state index >= 15 is 0 Å². The van der Waals surface area contributed by atoms with Gasteiger partial charge < -0.3 is 20.9 Å². The minimum absolute atomic E-state index is 0.136. The van der Waals surface area contributed by atoms with Gasteiger partial charge in [0.2, 0.25) is 0 Å². The maximum atomic E-state index is 12.2. The number of hydrogen-bond donors (Lipinski definition) is 3. The van der Waals surface area contributed by atoms with Crippen LogP contribution in [0.2, 0.25) is 0 Å². The van der Waals surface area contributed by atoms with Crippen LogP contribution >= 0.6 is 0 Å². The largest absolute Gasteiger partial charge is 0.491 e. The van der Waals surface area contributed by atoms with E-state index in [1.165, 1.54) is 0 Å². The molecule has 0 spiro atoms. The molecule has 1 rings (SSSR count). The van der Waals surface area contributed by atoms with Gasteiger partial charge in [0.05, 0.1) is 17.9 Å². The summed E-state index contributed by atoms with van der Waals surface area (Å²) in [4.78, 5) is 12.2. The van der Waals surface area contributed by atoms with Crippen molar-refractivity contribution in [2.24, 2.45) is 5.92 Å². The number of nitrogens with one attached hydrogen (secondary N) is 1. The minimum Gasteiger partial charge on any atom is -0.491 e. The van der Waals surface area contributed by atoms with Crippen LogP contribution in [0.15, 0.2) is 18.2 Å². The van der Waals surface area contributed by atoms with Gasteiger partial charge in [0.1, 0.15) is 0 Å². The van der Waals surface area contributed by atoms with Gasteiger partial charge in [-0.2, -0.15) is 0 Å². The van der Waals surface area contributed by atoms with Crippen molar-refractivity contribution in [2.45, 2.75) is 26.7 Å². The zero-order valence-electron chi connectivity index (χ0n) is 12.2. The molecule has 0 heterocycles. The number of aliphatic hydroxyl groups excluding tert-OH is 1. The first-order chi connectivity index (χ1) is 9.63. The molecule has 112 valence electrons. The molecule has 0 aromatic heterocycles. The lowest BCUT2D eigenvalue weighted by Gasteiger charge is -2.16. The van der Waals surface area contributed by atoms with Gasteiger partial charge in [0, 0.05) is 13.2 Å². The van der Waals surface area contributed by atoms with Crippen LogP contribution in [0.3, 0.4) is 0 Å². The zero-order valence-corrected chi connectivity index (χ0v) is 12.2. The fraction of sp³-hybridized carbons (Fsp3) is 0.533. The number of benzene rings is 1. The van der Waals surface area contributed by atoms with Crippen molar-refractivity contribution >= 4 is 11.6 Å². The molecule has 0 radical (unpaired) electrons. The number of carbonyl (C=O) groups excluding carboxylic acids is 1.